The first-order chi connectivity index (χ1) is 18.3. The number of ether oxygens (including phenoxy) is 1. The van der Waals surface area contributed by atoms with Crippen molar-refractivity contribution in [1.82, 2.24) is 18.9 Å². The Hall–Kier alpha value is -3.88. The van der Waals surface area contributed by atoms with Crippen molar-refractivity contribution in [2.24, 2.45) is 5.41 Å². The molecule has 5 heterocycles. The summed E-state index contributed by atoms with van der Waals surface area (Å²) in [7, 11) is 0. The maximum Gasteiger partial charge on any atom is 0.597 e. The Morgan fingerprint density at radius 2 is 1.92 bits per heavy atom. The summed E-state index contributed by atoms with van der Waals surface area (Å²) in [5.41, 5.74) is 2.86. The molecule has 0 spiro atoms. The molecular formula is C30H33FN5O3+. The van der Waals surface area contributed by atoms with Crippen molar-refractivity contribution in [3.8, 4) is 11.3 Å². The summed E-state index contributed by atoms with van der Waals surface area (Å²) < 4.78 is 25.6. The second kappa shape index (κ2) is 8.56. The summed E-state index contributed by atoms with van der Waals surface area (Å²) in [6.45, 7) is 11.6. The van der Waals surface area contributed by atoms with E-state index in [-0.39, 0.29) is 34.8 Å². The zero-order chi connectivity index (χ0) is 27.9. The average Bonchev–Trinajstić information content (AvgIpc) is 3.33. The van der Waals surface area contributed by atoms with Gasteiger partial charge in [0.2, 0.25) is 0 Å². The maximum absolute atomic E-state index is 14.7. The third kappa shape index (κ3) is 4.43. The zero-order valence-electron chi connectivity index (χ0n) is 23.2. The van der Waals surface area contributed by atoms with Crippen LogP contribution >= 0.6 is 0 Å². The van der Waals surface area contributed by atoms with Gasteiger partial charge in [0.1, 0.15) is 5.60 Å². The van der Waals surface area contributed by atoms with Gasteiger partial charge in [0, 0.05) is 55.4 Å². The van der Waals surface area contributed by atoms with Gasteiger partial charge < -0.3 is 13.7 Å². The molecule has 4 aromatic rings. The number of nitrogens with zero attached hydrogens (tertiary/aromatic N) is 5. The summed E-state index contributed by atoms with van der Waals surface area (Å²) in [5.74, 6) is -0.426. The van der Waals surface area contributed by atoms with E-state index < -0.39 is 11.4 Å². The molecule has 0 N–H and O–H groups in total. The number of halogens is 1. The molecule has 202 valence electrons. The van der Waals surface area contributed by atoms with Gasteiger partial charge in [-0.25, -0.2) is 14.4 Å². The minimum absolute atomic E-state index is 0.0785. The molecule has 2 aliphatic rings. The summed E-state index contributed by atoms with van der Waals surface area (Å²) in [6.07, 6.45) is 7.28. The Balaban J connectivity index is 1.35. The number of amides is 1. The Morgan fingerprint density at radius 3 is 2.67 bits per heavy atom. The third-order valence-electron chi connectivity index (χ3n) is 7.95. The lowest BCUT2D eigenvalue weighted by Crippen LogP contribution is -2.35. The molecule has 1 amide bonds. The van der Waals surface area contributed by atoms with Gasteiger partial charge >= 0.3 is 6.09 Å². The Labute approximate surface area is 225 Å². The topological polar surface area (TPSA) is 81.5 Å². The number of carbonyl (C=O) groups excluding carboxylic acids is 1. The normalized spacial score (nSPS) is 23.2. The van der Waals surface area contributed by atoms with E-state index in [1.54, 1.807) is 39.7 Å². The second-order valence-electron chi connectivity index (χ2n) is 12.4. The largest absolute Gasteiger partial charge is 0.597 e. The Bertz CT molecular complexity index is 1760. The number of carbonyl (C=O) groups is 1. The van der Waals surface area contributed by atoms with Gasteiger partial charge in [0.15, 0.2) is 23.2 Å². The van der Waals surface area contributed by atoms with E-state index in [4.69, 9.17) is 9.72 Å². The number of hydrogen-bond donors (Lipinski definition) is 0. The lowest BCUT2D eigenvalue weighted by Gasteiger charge is -2.20. The lowest BCUT2D eigenvalue weighted by molar-refractivity contribution is -0.472. The fourth-order valence-corrected chi connectivity index (χ4v) is 6.02. The van der Waals surface area contributed by atoms with Crippen molar-refractivity contribution in [3.05, 3.63) is 64.7 Å². The molecule has 3 atom stereocenters. The molecule has 4 aromatic heterocycles. The quantitative estimate of drug-likeness (QED) is 0.312. The third-order valence-corrected chi connectivity index (χ3v) is 7.95. The maximum atomic E-state index is 14.7. The fraction of sp³-hybridized carbons (Fsp3) is 0.433. The van der Waals surface area contributed by atoms with Crippen LogP contribution in [0.3, 0.4) is 0 Å². The van der Waals surface area contributed by atoms with Crippen LogP contribution in [0, 0.1) is 18.2 Å². The van der Waals surface area contributed by atoms with E-state index in [2.05, 4.69) is 11.9 Å². The van der Waals surface area contributed by atoms with Gasteiger partial charge in [-0.1, -0.05) is 6.92 Å². The molecule has 0 bridgehead atoms. The van der Waals surface area contributed by atoms with Crippen LogP contribution in [0.2, 0.25) is 0 Å². The zero-order valence-corrected chi connectivity index (χ0v) is 23.2. The molecule has 1 aliphatic carbocycles. The van der Waals surface area contributed by atoms with E-state index >= 15 is 0 Å². The van der Waals surface area contributed by atoms with Crippen LogP contribution in [0.1, 0.15) is 65.6 Å². The highest BCUT2D eigenvalue weighted by molar-refractivity contribution is 5.83. The summed E-state index contributed by atoms with van der Waals surface area (Å²) in [6, 6.07) is 6.77. The number of rotatable bonds is 2. The molecule has 0 radical (unpaired) electrons. The van der Waals surface area contributed by atoms with E-state index in [0.29, 0.717) is 28.6 Å². The van der Waals surface area contributed by atoms with E-state index in [0.717, 1.165) is 24.2 Å². The molecule has 9 heteroatoms. The first-order valence-electron chi connectivity index (χ1n) is 13.3. The van der Waals surface area contributed by atoms with Crippen molar-refractivity contribution in [3.63, 3.8) is 0 Å². The van der Waals surface area contributed by atoms with Gasteiger partial charge in [-0.15, -0.1) is 4.58 Å². The van der Waals surface area contributed by atoms with Crippen molar-refractivity contribution < 1.29 is 18.5 Å². The first kappa shape index (κ1) is 25.4. The van der Waals surface area contributed by atoms with Crippen LogP contribution in [-0.4, -0.2) is 47.0 Å². The molecule has 1 saturated carbocycles. The second-order valence-corrected chi connectivity index (χ2v) is 12.4. The molecule has 39 heavy (non-hydrogen) atoms. The molecule has 2 unspecified atom stereocenters. The summed E-state index contributed by atoms with van der Waals surface area (Å²) in [4.78, 5) is 35.7. The molecule has 8 nitrogen and oxygen atoms in total. The predicted octanol–water partition coefficient (Wildman–Crippen LogP) is 5.68. The van der Waals surface area contributed by atoms with E-state index in [9.17, 15) is 14.0 Å². The minimum atomic E-state index is -0.579. The number of aryl methyl sites for hydroxylation is 1. The van der Waals surface area contributed by atoms with Crippen LogP contribution in [0.15, 0.2) is 47.7 Å². The molecular weight excluding hydrogens is 497 g/mol. The van der Waals surface area contributed by atoms with Gasteiger partial charge in [0.05, 0.1) is 22.3 Å². The number of imidazole rings is 1. The monoisotopic (exact) mass is 530 g/mol. The van der Waals surface area contributed by atoms with Crippen LogP contribution in [0.5, 0.6) is 0 Å². The average molecular weight is 531 g/mol. The van der Waals surface area contributed by atoms with E-state index in [1.165, 1.54) is 6.07 Å². The SMILES string of the molecule is CC1=[N+](C(=O)OC(C)(C)C)C2C[C@@]2(C)CC(n2ccc3nc(-c4cc(F)c5nc(C)cn5c4)ccc3c2=O)C1. The number of fused-ring (bicyclic) bond motifs is 3. The van der Waals surface area contributed by atoms with Gasteiger partial charge in [0.25, 0.3) is 5.56 Å². The fourth-order valence-electron chi connectivity index (χ4n) is 6.02. The molecule has 6 rings (SSSR count). The number of pyridine rings is 3. The first-order valence-corrected chi connectivity index (χ1v) is 13.3. The predicted molar refractivity (Wildman–Crippen MR) is 147 cm³/mol. The standard InChI is InChI=1S/C30H33FN5O3/c1-17-15-34-16-19(12-22(31)26(34)32-17)23-8-7-21-24(33-23)9-10-35(27(21)37)20-11-18(2)36(25-14-30(25,6)13-20)28(38)39-29(3,4)5/h7-10,12,15-16,20,25H,11,13-14H2,1-6H3/q+1/t20?,25?,30-/m1/s1. The van der Waals surface area contributed by atoms with Crippen molar-refractivity contribution in [2.45, 2.75) is 78.5 Å². The molecule has 0 aromatic carbocycles. The number of aromatic nitrogens is 4. The molecule has 0 saturated heterocycles. The summed E-state index contributed by atoms with van der Waals surface area (Å²) in [5, 5.41) is 0.504. The Morgan fingerprint density at radius 1 is 1.15 bits per heavy atom. The molecule has 1 fully saturated rings. The number of hydrogen-bond acceptors (Lipinski definition) is 5. The summed E-state index contributed by atoms with van der Waals surface area (Å²) >= 11 is 0. The van der Waals surface area contributed by atoms with E-state index in [1.807, 2.05) is 45.3 Å². The van der Waals surface area contributed by atoms with Crippen LogP contribution in [0.25, 0.3) is 27.8 Å². The lowest BCUT2D eigenvalue weighted by atomic mass is 9.95. The smallest absolute Gasteiger partial charge is 0.406 e. The van der Waals surface area contributed by atoms with Crippen molar-refractivity contribution in [1.29, 1.82) is 0 Å². The van der Waals surface area contributed by atoms with Crippen LogP contribution in [0.4, 0.5) is 9.18 Å². The van der Waals surface area contributed by atoms with Gasteiger partial charge in [-0.05, 0) is 58.4 Å². The highest BCUT2D eigenvalue weighted by Gasteiger charge is 2.63. The highest BCUT2D eigenvalue weighted by Crippen LogP contribution is 2.55. The van der Waals surface area contributed by atoms with Crippen molar-refractivity contribution in [2.75, 3.05) is 0 Å². The molecule has 1 aliphatic heterocycles. The highest BCUT2D eigenvalue weighted by atomic mass is 19.1. The van der Waals surface area contributed by atoms with Gasteiger partial charge in [-0.2, -0.15) is 4.79 Å². The minimum Gasteiger partial charge on any atom is -0.406 e. The van der Waals surface area contributed by atoms with Gasteiger partial charge in [-0.3, -0.25) is 4.79 Å². The van der Waals surface area contributed by atoms with Crippen molar-refractivity contribution >= 4 is 28.4 Å². The Kier molecular flexibility index (Phi) is 5.58. The van der Waals surface area contributed by atoms with Crippen LogP contribution in [-0.2, 0) is 4.74 Å². The van der Waals surface area contributed by atoms with Crippen LogP contribution < -0.4 is 5.56 Å².